The molecule has 0 atom stereocenters. The third kappa shape index (κ3) is 5.66. The van der Waals surface area contributed by atoms with Gasteiger partial charge in [-0.15, -0.1) is 0 Å². The molecule has 0 unspecified atom stereocenters. The first-order chi connectivity index (χ1) is 12.5. The molecule has 0 saturated heterocycles. The summed E-state index contributed by atoms with van der Waals surface area (Å²) in [5.41, 5.74) is 2.07. The molecule has 0 radical (unpaired) electrons. The van der Waals surface area contributed by atoms with Gasteiger partial charge in [0.1, 0.15) is 0 Å². The molecule has 6 nitrogen and oxygen atoms in total. The summed E-state index contributed by atoms with van der Waals surface area (Å²) in [5.74, 6) is -0.974. The highest BCUT2D eigenvalue weighted by Crippen LogP contribution is 2.14. The number of non-ortho nitro benzene ring substituents is 1. The molecule has 0 aliphatic carbocycles. The van der Waals surface area contributed by atoms with Gasteiger partial charge in [-0.25, -0.2) is 4.79 Å². The molecule has 2 rings (SSSR count). The van der Waals surface area contributed by atoms with E-state index in [2.05, 4.69) is 6.92 Å². The summed E-state index contributed by atoms with van der Waals surface area (Å²) in [6.07, 6.45) is 4.52. The number of carbonyl (C=O) groups excluding carboxylic acids is 2. The quantitative estimate of drug-likeness (QED) is 0.235. The molecule has 0 spiro atoms. The molecule has 0 N–H and O–H groups in total. The van der Waals surface area contributed by atoms with E-state index in [9.17, 15) is 19.7 Å². The number of hydrogen-bond donors (Lipinski definition) is 0. The Hall–Kier alpha value is -3.28. The fourth-order valence-electron chi connectivity index (χ4n) is 2.32. The Kier molecular flexibility index (Phi) is 6.79. The number of aryl methyl sites for hydroxylation is 1. The first-order valence-electron chi connectivity index (χ1n) is 8.21. The normalized spacial score (nSPS) is 10.7. The van der Waals surface area contributed by atoms with E-state index in [1.807, 2.05) is 12.1 Å². The van der Waals surface area contributed by atoms with E-state index in [4.69, 9.17) is 4.74 Å². The second kappa shape index (κ2) is 9.27. The van der Waals surface area contributed by atoms with E-state index in [1.165, 1.54) is 24.3 Å². The first-order valence-corrected chi connectivity index (χ1v) is 8.21. The Bertz CT molecular complexity index is 824. The first kappa shape index (κ1) is 19.1. The van der Waals surface area contributed by atoms with Gasteiger partial charge in [-0.3, -0.25) is 14.9 Å². The van der Waals surface area contributed by atoms with Gasteiger partial charge in [-0.05, 0) is 23.6 Å². The van der Waals surface area contributed by atoms with Gasteiger partial charge in [-0.2, -0.15) is 0 Å². The van der Waals surface area contributed by atoms with Crippen LogP contribution in [-0.4, -0.2) is 23.3 Å². The van der Waals surface area contributed by atoms with Crippen LogP contribution in [0.1, 0.15) is 34.8 Å². The molecule has 0 heterocycles. The number of hydrogen-bond acceptors (Lipinski definition) is 5. The second-order valence-electron chi connectivity index (χ2n) is 5.66. The summed E-state index contributed by atoms with van der Waals surface area (Å²) in [6.45, 7) is 1.73. The highest BCUT2D eigenvalue weighted by molar-refractivity contribution is 5.98. The number of esters is 1. The van der Waals surface area contributed by atoms with Crippen LogP contribution in [0.3, 0.4) is 0 Å². The zero-order valence-corrected chi connectivity index (χ0v) is 14.4. The van der Waals surface area contributed by atoms with Crippen molar-refractivity contribution in [2.24, 2.45) is 0 Å². The maximum atomic E-state index is 12.0. The molecule has 0 bridgehead atoms. The molecule has 0 aromatic heterocycles. The average Bonchev–Trinajstić information content (AvgIpc) is 2.65. The number of rotatable bonds is 8. The van der Waals surface area contributed by atoms with Gasteiger partial charge >= 0.3 is 5.97 Å². The summed E-state index contributed by atoms with van der Waals surface area (Å²) < 4.78 is 4.93. The summed E-state index contributed by atoms with van der Waals surface area (Å²) in [4.78, 5) is 34.0. The summed E-state index contributed by atoms with van der Waals surface area (Å²) in [5, 5.41) is 10.7. The third-order valence-electron chi connectivity index (χ3n) is 3.65. The lowest BCUT2D eigenvalue weighted by Crippen LogP contribution is -2.12. The number of carbonyl (C=O) groups is 2. The van der Waals surface area contributed by atoms with E-state index in [1.54, 1.807) is 18.2 Å². The number of nitro benzene ring substituents is 1. The van der Waals surface area contributed by atoms with Crippen molar-refractivity contribution in [3.05, 3.63) is 81.4 Å². The molecule has 6 heteroatoms. The Morgan fingerprint density at radius 3 is 2.54 bits per heavy atom. The molecule has 26 heavy (non-hydrogen) atoms. The van der Waals surface area contributed by atoms with Gasteiger partial charge in [0.25, 0.3) is 5.69 Å². The van der Waals surface area contributed by atoms with Crippen molar-refractivity contribution in [1.82, 2.24) is 0 Å². The lowest BCUT2D eigenvalue weighted by Gasteiger charge is -2.03. The molecule has 0 amide bonds. The van der Waals surface area contributed by atoms with E-state index < -0.39 is 10.9 Å². The fraction of sp³-hybridized carbons (Fsp3) is 0.200. The minimum Gasteiger partial charge on any atom is -0.454 e. The van der Waals surface area contributed by atoms with Crippen molar-refractivity contribution in [3.8, 4) is 0 Å². The third-order valence-corrected chi connectivity index (χ3v) is 3.65. The zero-order chi connectivity index (χ0) is 18.9. The zero-order valence-electron chi connectivity index (χ0n) is 14.4. The van der Waals surface area contributed by atoms with Gasteiger partial charge in [0.05, 0.1) is 4.92 Å². The summed E-state index contributed by atoms with van der Waals surface area (Å²) >= 11 is 0. The maximum absolute atomic E-state index is 12.0. The number of ether oxygens (including phenoxy) is 1. The summed E-state index contributed by atoms with van der Waals surface area (Å²) in [7, 11) is 0. The maximum Gasteiger partial charge on any atom is 0.331 e. The number of nitrogens with zero attached hydrogens (tertiary/aromatic N) is 1. The molecule has 0 fully saturated rings. The van der Waals surface area contributed by atoms with Gasteiger partial charge < -0.3 is 4.74 Å². The molecular weight excluding hydrogens is 334 g/mol. The smallest absolute Gasteiger partial charge is 0.331 e. The minimum absolute atomic E-state index is 0.0674. The van der Waals surface area contributed by atoms with Crippen molar-refractivity contribution < 1.29 is 19.2 Å². The van der Waals surface area contributed by atoms with Crippen LogP contribution in [0, 0.1) is 10.1 Å². The number of nitro groups is 1. The molecule has 2 aromatic rings. The van der Waals surface area contributed by atoms with Gasteiger partial charge in [0.2, 0.25) is 0 Å². The predicted octanol–water partition coefficient (Wildman–Crippen LogP) is 3.99. The lowest BCUT2D eigenvalue weighted by atomic mass is 10.1. The van der Waals surface area contributed by atoms with Crippen molar-refractivity contribution in [3.63, 3.8) is 0 Å². The molecule has 0 aliphatic heterocycles. The molecule has 0 aliphatic rings. The number of ketones is 1. The monoisotopic (exact) mass is 353 g/mol. The Labute approximate surface area is 151 Å². The SMILES string of the molecule is CCCc1ccc(C(=O)COC(=O)/C=C/c2cccc([N+](=O)[O-])c2)cc1. The van der Waals surface area contributed by atoms with Crippen molar-refractivity contribution in [2.75, 3.05) is 6.61 Å². The Balaban J connectivity index is 1.88. The van der Waals surface area contributed by atoms with Crippen molar-refractivity contribution in [2.45, 2.75) is 19.8 Å². The van der Waals surface area contributed by atoms with Crippen LogP contribution in [0.2, 0.25) is 0 Å². The highest BCUT2D eigenvalue weighted by Gasteiger charge is 2.09. The fourth-order valence-corrected chi connectivity index (χ4v) is 2.32. The van der Waals surface area contributed by atoms with Crippen LogP contribution in [0.4, 0.5) is 5.69 Å². The average molecular weight is 353 g/mol. The van der Waals surface area contributed by atoms with Crippen LogP contribution in [0.25, 0.3) is 6.08 Å². The number of Topliss-reactive ketones (excluding diaryl/α,β-unsaturated/α-hetero) is 1. The Morgan fingerprint density at radius 2 is 1.88 bits per heavy atom. The van der Waals surface area contributed by atoms with Crippen LogP contribution in [0.15, 0.2) is 54.6 Å². The van der Waals surface area contributed by atoms with E-state index in [0.29, 0.717) is 11.1 Å². The lowest BCUT2D eigenvalue weighted by molar-refractivity contribution is -0.384. The molecule has 2 aromatic carbocycles. The molecule has 0 saturated carbocycles. The van der Waals surface area contributed by atoms with Gasteiger partial charge in [-0.1, -0.05) is 49.7 Å². The molecule has 134 valence electrons. The topological polar surface area (TPSA) is 86.5 Å². The minimum atomic E-state index is -0.688. The Morgan fingerprint density at radius 1 is 1.15 bits per heavy atom. The van der Waals surface area contributed by atoms with Gasteiger partial charge in [0.15, 0.2) is 12.4 Å². The predicted molar refractivity (Wildman–Crippen MR) is 97.9 cm³/mol. The van der Waals surface area contributed by atoms with Crippen LogP contribution >= 0.6 is 0 Å². The van der Waals surface area contributed by atoms with E-state index in [0.717, 1.165) is 24.5 Å². The van der Waals surface area contributed by atoms with Crippen LogP contribution < -0.4 is 0 Å². The highest BCUT2D eigenvalue weighted by atomic mass is 16.6. The van der Waals surface area contributed by atoms with Gasteiger partial charge in [0, 0.05) is 23.8 Å². The number of benzene rings is 2. The van der Waals surface area contributed by atoms with Crippen LogP contribution in [0.5, 0.6) is 0 Å². The van der Waals surface area contributed by atoms with Crippen molar-refractivity contribution in [1.29, 1.82) is 0 Å². The standard InChI is InChI=1S/C20H19NO5/c1-2-4-15-7-10-17(11-8-15)19(22)14-26-20(23)12-9-16-5-3-6-18(13-16)21(24)25/h3,5-13H,2,4,14H2,1H3/b12-9+. The second-order valence-corrected chi connectivity index (χ2v) is 5.66. The molecular formula is C20H19NO5. The largest absolute Gasteiger partial charge is 0.454 e. The van der Waals surface area contributed by atoms with E-state index >= 15 is 0 Å². The van der Waals surface area contributed by atoms with Crippen LogP contribution in [-0.2, 0) is 16.0 Å². The van der Waals surface area contributed by atoms with Crippen molar-refractivity contribution >= 4 is 23.5 Å². The summed E-state index contributed by atoms with van der Waals surface area (Å²) in [6, 6.07) is 13.1. The van der Waals surface area contributed by atoms with E-state index in [-0.39, 0.29) is 18.1 Å².